The summed E-state index contributed by atoms with van der Waals surface area (Å²) in [6.07, 6.45) is 1.54. The van der Waals surface area contributed by atoms with Gasteiger partial charge in [-0.25, -0.2) is 8.42 Å². The van der Waals surface area contributed by atoms with Gasteiger partial charge in [-0.1, -0.05) is 60.1 Å². The molecule has 0 saturated heterocycles. The SMILES string of the molecule is CN(Cc1ccccc1)C(=O)Cn1cc(S(=O)(=O)c2ccc(Cl)cc2)c2ccccc21. The number of amides is 1. The quantitative estimate of drug-likeness (QED) is 0.422. The van der Waals surface area contributed by atoms with Gasteiger partial charge in [0.15, 0.2) is 0 Å². The monoisotopic (exact) mass is 452 g/mol. The van der Waals surface area contributed by atoms with E-state index < -0.39 is 9.84 Å². The Bertz CT molecular complexity index is 1330. The van der Waals surface area contributed by atoms with Gasteiger partial charge in [0, 0.05) is 35.7 Å². The number of carbonyl (C=O) groups excluding carboxylic acids is 1. The second kappa shape index (κ2) is 8.57. The van der Waals surface area contributed by atoms with Crippen molar-refractivity contribution in [1.29, 1.82) is 0 Å². The molecule has 0 saturated carbocycles. The number of hydrogen-bond acceptors (Lipinski definition) is 3. The van der Waals surface area contributed by atoms with E-state index in [2.05, 4.69) is 0 Å². The van der Waals surface area contributed by atoms with E-state index in [0.29, 0.717) is 22.5 Å². The Kier molecular flexibility index (Phi) is 5.85. The first-order chi connectivity index (χ1) is 14.9. The van der Waals surface area contributed by atoms with Gasteiger partial charge in [-0.2, -0.15) is 0 Å². The molecule has 1 amide bonds. The third kappa shape index (κ3) is 4.36. The summed E-state index contributed by atoms with van der Waals surface area (Å²) in [5.41, 5.74) is 1.72. The lowest BCUT2D eigenvalue weighted by atomic mass is 10.2. The molecule has 7 heteroatoms. The molecule has 0 spiro atoms. The van der Waals surface area contributed by atoms with Gasteiger partial charge < -0.3 is 9.47 Å². The van der Waals surface area contributed by atoms with Gasteiger partial charge in [0.1, 0.15) is 6.54 Å². The van der Waals surface area contributed by atoms with Crippen LogP contribution in [-0.4, -0.2) is 30.8 Å². The molecule has 0 atom stereocenters. The third-order valence-corrected chi connectivity index (χ3v) is 7.21. The fourth-order valence-corrected chi connectivity index (χ4v) is 5.11. The van der Waals surface area contributed by atoms with Gasteiger partial charge in [0.25, 0.3) is 0 Å². The largest absolute Gasteiger partial charge is 0.340 e. The molecule has 4 rings (SSSR count). The molecule has 0 aliphatic heterocycles. The van der Waals surface area contributed by atoms with Crippen molar-refractivity contribution in [2.75, 3.05) is 7.05 Å². The molecule has 4 aromatic rings. The average molecular weight is 453 g/mol. The number of carbonyl (C=O) groups is 1. The van der Waals surface area contributed by atoms with Crippen LogP contribution in [0.4, 0.5) is 0 Å². The molecule has 0 radical (unpaired) electrons. The molecule has 3 aromatic carbocycles. The van der Waals surface area contributed by atoms with Crippen LogP contribution in [0.1, 0.15) is 5.56 Å². The summed E-state index contributed by atoms with van der Waals surface area (Å²) in [7, 11) is -2.03. The molecule has 0 aliphatic rings. The Morgan fingerprint density at radius 2 is 1.58 bits per heavy atom. The zero-order chi connectivity index (χ0) is 22.0. The second-order valence-corrected chi connectivity index (χ2v) is 9.69. The lowest BCUT2D eigenvalue weighted by Crippen LogP contribution is -2.29. The van der Waals surface area contributed by atoms with Gasteiger partial charge in [-0.05, 0) is 35.9 Å². The van der Waals surface area contributed by atoms with Gasteiger partial charge in [-0.3, -0.25) is 4.79 Å². The number of fused-ring (bicyclic) bond motifs is 1. The normalized spacial score (nSPS) is 11.5. The summed E-state index contributed by atoms with van der Waals surface area (Å²) in [6, 6.07) is 23.0. The van der Waals surface area contributed by atoms with Crippen LogP contribution in [0, 0.1) is 0 Å². The number of halogens is 1. The van der Waals surface area contributed by atoms with Gasteiger partial charge in [-0.15, -0.1) is 0 Å². The zero-order valence-corrected chi connectivity index (χ0v) is 18.5. The van der Waals surface area contributed by atoms with E-state index >= 15 is 0 Å². The van der Waals surface area contributed by atoms with Crippen LogP contribution in [0.3, 0.4) is 0 Å². The number of rotatable bonds is 6. The van der Waals surface area contributed by atoms with Gasteiger partial charge in [0.05, 0.1) is 9.79 Å². The smallest absolute Gasteiger partial charge is 0.242 e. The molecule has 31 heavy (non-hydrogen) atoms. The number of likely N-dealkylation sites (N-methyl/N-ethyl adjacent to an activating group) is 1. The number of sulfone groups is 1. The van der Waals surface area contributed by atoms with E-state index in [9.17, 15) is 13.2 Å². The van der Waals surface area contributed by atoms with E-state index in [1.807, 2.05) is 42.5 Å². The first-order valence-electron chi connectivity index (χ1n) is 9.72. The van der Waals surface area contributed by atoms with Crippen molar-refractivity contribution in [2.45, 2.75) is 22.9 Å². The maximum absolute atomic E-state index is 13.3. The molecular weight excluding hydrogens is 432 g/mol. The lowest BCUT2D eigenvalue weighted by molar-refractivity contribution is -0.131. The molecule has 158 valence electrons. The van der Waals surface area contributed by atoms with Crippen LogP contribution in [0.5, 0.6) is 0 Å². The maximum Gasteiger partial charge on any atom is 0.242 e. The first-order valence-corrected chi connectivity index (χ1v) is 11.6. The van der Waals surface area contributed by atoms with E-state index in [-0.39, 0.29) is 22.2 Å². The van der Waals surface area contributed by atoms with Crippen molar-refractivity contribution in [3.63, 3.8) is 0 Å². The Balaban J connectivity index is 1.67. The van der Waals surface area contributed by atoms with E-state index in [1.54, 1.807) is 47.0 Å². The molecule has 0 aliphatic carbocycles. The number of aromatic nitrogens is 1. The summed E-state index contributed by atoms with van der Waals surface area (Å²) < 4.78 is 28.3. The molecular formula is C24H21ClN2O3S. The summed E-state index contributed by atoms with van der Waals surface area (Å²) in [5.74, 6) is -0.111. The van der Waals surface area contributed by atoms with Crippen LogP contribution < -0.4 is 0 Å². The molecule has 1 aromatic heterocycles. The minimum atomic E-state index is -3.77. The minimum absolute atomic E-state index is 0.0417. The molecule has 0 unspecified atom stereocenters. The number of hydrogen-bond donors (Lipinski definition) is 0. The van der Waals surface area contributed by atoms with Crippen LogP contribution >= 0.6 is 11.6 Å². The molecule has 5 nitrogen and oxygen atoms in total. The molecule has 1 heterocycles. The number of para-hydroxylation sites is 1. The summed E-state index contributed by atoms with van der Waals surface area (Å²) >= 11 is 5.91. The summed E-state index contributed by atoms with van der Waals surface area (Å²) in [4.78, 5) is 14.8. The van der Waals surface area contributed by atoms with Gasteiger partial charge >= 0.3 is 0 Å². The Morgan fingerprint density at radius 3 is 2.29 bits per heavy atom. The summed E-state index contributed by atoms with van der Waals surface area (Å²) in [5, 5.41) is 1.05. The molecule has 0 bridgehead atoms. The standard InChI is InChI=1S/C24H21ClN2O3S/c1-26(15-18-7-3-2-4-8-18)24(28)17-27-16-23(21-9-5-6-10-22(21)27)31(29,30)20-13-11-19(25)12-14-20/h2-14,16H,15,17H2,1H3. The van der Waals surface area contributed by atoms with Crippen molar-refractivity contribution in [3.8, 4) is 0 Å². The highest BCUT2D eigenvalue weighted by molar-refractivity contribution is 7.91. The topological polar surface area (TPSA) is 59.4 Å². The highest BCUT2D eigenvalue weighted by atomic mass is 35.5. The van der Waals surface area contributed by atoms with Gasteiger partial charge in [0.2, 0.25) is 15.7 Å². The fraction of sp³-hybridized carbons (Fsp3) is 0.125. The van der Waals surface area contributed by atoms with E-state index in [0.717, 1.165) is 5.56 Å². The van der Waals surface area contributed by atoms with Crippen molar-refractivity contribution < 1.29 is 13.2 Å². The average Bonchev–Trinajstić information content (AvgIpc) is 3.14. The fourth-order valence-electron chi connectivity index (χ4n) is 3.51. The predicted octanol–water partition coefficient (Wildman–Crippen LogP) is 4.79. The summed E-state index contributed by atoms with van der Waals surface area (Å²) in [6.45, 7) is 0.523. The van der Waals surface area contributed by atoms with Crippen LogP contribution in [0.25, 0.3) is 10.9 Å². The maximum atomic E-state index is 13.3. The Labute approximate surface area is 186 Å². The predicted molar refractivity (Wildman–Crippen MR) is 122 cm³/mol. The van der Waals surface area contributed by atoms with E-state index in [1.165, 1.54) is 12.1 Å². The number of nitrogens with zero attached hydrogens (tertiary/aromatic N) is 2. The third-order valence-electron chi connectivity index (χ3n) is 5.16. The Hall–Kier alpha value is -3.09. The van der Waals surface area contributed by atoms with Crippen LogP contribution in [0.2, 0.25) is 5.02 Å². The number of benzene rings is 3. The van der Waals surface area contributed by atoms with Crippen molar-refractivity contribution in [1.82, 2.24) is 9.47 Å². The highest BCUT2D eigenvalue weighted by Gasteiger charge is 2.24. The molecule has 0 N–H and O–H groups in total. The van der Waals surface area contributed by atoms with Crippen molar-refractivity contribution in [2.24, 2.45) is 0 Å². The van der Waals surface area contributed by atoms with Crippen molar-refractivity contribution in [3.05, 3.63) is 95.6 Å². The molecule has 0 fully saturated rings. The van der Waals surface area contributed by atoms with E-state index in [4.69, 9.17) is 11.6 Å². The highest BCUT2D eigenvalue weighted by Crippen LogP contribution is 2.30. The first kappa shape index (κ1) is 21.2. The van der Waals surface area contributed by atoms with Crippen LogP contribution in [-0.2, 0) is 27.7 Å². The van der Waals surface area contributed by atoms with Crippen molar-refractivity contribution >= 4 is 38.2 Å². The minimum Gasteiger partial charge on any atom is -0.340 e. The zero-order valence-electron chi connectivity index (χ0n) is 16.9. The van der Waals surface area contributed by atoms with Crippen LogP contribution in [0.15, 0.2) is 94.9 Å². The lowest BCUT2D eigenvalue weighted by Gasteiger charge is -2.18. The second-order valence-electron chi connectivity index (χ2n) is 7.33. The Morgan fingerprint density at radius 1 is 0.935 bits per heavy atom.